The molecular formula is C8H5Br2N3S. The number of nitrogens with zero attached hydrogens (tertiary/aromatic N) is 2. The number of benzene rings is 1. The summed E-state index contributed by atoms with van der Waals surface area (Å²) in [5, 5.41) is 9.04. The number of hydrogen-bond donors (Lipinski definition) is 1. The normalized spacial score (nSPS) is 10.4. The average Bonchev–Trinajstić information content (AvgIpc) is 2.50. The molecule has 14 heavy (non-hydrogen) atoms. The van der Waals surface area contributed by atoms with Crippen LogP contribution in [0.4, 0.5) is 5.13 Å². The molecule has 72 valence electrons. The van der Waals surface area contributed by atoms with E-state index in [2.05, 4.69) is 42.1 Å². The summed E-state index contributed by atoms with van der Waals surface area (Å²) in [6.45, 7) is 0. The highest BCUT2D eigenvalue weighted by atomic mass is 79.9. The van der Waals surface area contributed by atoms with Gasteiger partial charge in [0.05, 0.1) is 0 Å². The Morgan fingerprint density at radius 2 is 1.71 bits per heavy atom. The lowest BCUT2D eigenvalue weighted by atomic mass is 10.2. The van der Waals surface area contributed by atoms with E-state index >= 15 is 0 Å². The zero-order valence-electron chi connectivity index (χ0n) is 6.87. The molecule has 0 aliphatic rings. The van der Waals surface area contributed by atoms with Crippen LogP contribution in [0.2, 0.25) is 0 Å². The Balaban J connectivity index is 2.51. The van der Waals surface area contributed by atoms with E-state index in [1.165, 1.54) is 11.3 Å². The highest BCUT2D eigenvalue weighted by molar-refractivity contribution is 9.11. The lowest BCUT2D eigenvalue weighted by Crippen LogP contribution is -1.80. The summed E-state index contributed by atoms with van der Waals surface area (Å²) < 4.78 is 1.99. The van der Waals surface area contributed by atoms with Gasteiger partial charge in [-0.25, -0.2) is 0 Å². The fourth-order valence-electron chi connectivity index (χ4n) is 1.03. The SMILES string of the molecule is Nc1nnc(-c2cc(Br)cc(Br)c2)s1. The molecule has 0 amide bonds. The number of aromatic nitrogens is 2. The van der Waals surface area contributed by atoms with Crippen molar-refractivity contribution in [2.75, 3.05) is 5.73 Å². The molecule has 2 rings (SSSR count). The largest absolute Gasteiger partial charge is 0.374 e. The molecule has 0 fully saturated rings. The maximum atomic E-state index is 5.51. The molecular weight excluding hydrogens is 330 g/mol. The van der Waals surface area contributed by atoms with Gasteiger partial charge in [-0.05, 0) is 18.2 Å². The monoisotopic (exact) mass is 333 g/mol. The van der Waals surface area contributed by atoms with Gasteiger partial charge in [-0.3, -0.25) is 0 Å². The minimum Gasteiger partial charge on any atom is -0.374 e. The summed E-state index contributed by atoms with van der Waals surface area (Å²) in [7, 11) is 0. The lowest BCUT2D eigenvalue weighted by Gasteiger charge is -1.97. The Morgan fingerprint density at radius 3 is 2.21 bits per heavy atom. The van der Waals surface area contributed by atoms with Gasteiger partial charge in [0.1, 0.15) is 5.01 Å². The quantitative estimate of drug-likeness (QED) is 0.870. The molecule has 0 unspecified atom stereocenters. The van der Waals surface area contributed by atoms with Gasteiger partial charge in [0.2, 0.25) is 5.13 Å². The minimum atomic E-state index is 0.482. The predicted molar refractivity (Wildman–Crippen MR) is 65.2 cm³/mol. The van der Waals surface area contributed by atoms with Crippen LogP contribution < -0.4 is 5.73 Å². The summed E-state index contributed by atoms with van der Waals surface area (Å²) in [6.07, 6.45) is 0. The molecule has 3 nitrogen and oxygen atoms in total. The van der Waals surface area contributed by atoms with Gasteiger partial charge in [-0.2, -0.15) is 0 Å². The molecule has 0 bridgehead atoms. The van der Waals surface area contributed by atoms with Crippen molar-refractivity contribution in [2.45, 2.75) is 0 Å². The maximum Gasteiger partial charge on any atom is 0.203 e. The second kappa shape index (κ2) is 3.96. The summed E-state index contributed by atoms with van der Waals surface area (Å²) in [5.41, 5.74) is 6.51. The standard InChI is InChI=1S/C8H5Br2N3S/c9-5-1-4(2-6(10)3-5)7-12-13-8(11)14-7/h1-3H,(H2,11,13). The molecule has 2 N–H and O–H groups in total. The maximum absolute atomic E-state index is 5.51. The molecule has 2 aromatic rings. The first-order valence-corrected chi connectivity index (χ1v) is 6.11. The molecule has 0 atom stereocenters. The lowest BCUT2D eigenvalue weighted by molar-refractivity contribution is 1.10. The van der Waals surface area contributed by atoms with E-state index in [1.54, 1.807) is 0 Å². The second-order valence-electron chi connectivity index (χ2n) is 2.60. The van der Waals surface area contributed by atoms with Crippen LogP contribution >= 0.6 is 43.2 Å². The first-order chi connectivity index (χ1) is 6.65. The van der Waals surface area contributed by atoms with E-state index in [-0.39, 0.29) is 0 Å². The minimum absolute atomic E-state index is 0.482. The topological polar surface area (TPSA) is 51.8 Å². The number of rotatable bonds is 1. The molecule has 0 saturated heterocycles. The molecule has 0 radical (unpaired) electrons. The van der Waals surface area contributed by atoms with Gasteiger partial charge in [0, 0.05) is 14.5 Å². The smallest absolute Gasteiger partial charge is 0.203 e. The first kappa shape index (κ1) is 10.1. The molecule has 1 aromatic carbocycles. The Hall–Kier alpha value is -0.460. The number of hydrogen-bond acceptors (Lipinski definition) is 4. The molecule has 6 heteroatoms. The van der Waals surface area contributed by atoms with Crippen molar-refractivity contribution >= 4 is 48.3 Å². The highest BCUT2D eigenvalue weighted by Crippen LogP contribution is 2.30. The average molecular weight is 335 g/mol. The van der Waals surface area contributed by atoms with Crippen LogP contribution in [0.1, 0.15) is 0 Å². The van der Waals surface area contributed by atoms with Crippen LogP contribution in [0, 0.1) is 0 Å². The summed E-state index contributed by atoms with van der Waals surface area (Å²) >= 11 is 8.20. The molecule has 0 spiro atoms. The molecule has 1 aromatic heterocycles. The van der Waals surface area contributed by atoms with Crippen molar-refractivity contribution in [3.05, 3.63) is 27.1 Å². The van der Waals surface area contributed by atoms with Gasteiger partial charge in [-0.15, -0.1) is 10.2 Å². The van der Waals surface area contributed by atoms with Gasteiger partial charge in [0.25, 0.3) is 0 Å². The van der Waals surface area contributed by atoms with Crippen LogP contribution in [-0.2, 0) is 0 Å². The summed E-state index contributed by atoms with van der Waals surface area (Å²) in [5.74, 6) is 0. The van der Waals surface area contributed by atoms with E-state index < -0.39 is 0 Å². The molecule has 0 aliphatic carbocycles. The Labute approximate surface area is 102 Å². The first-order valence-electron chi connectivity index (χ1n) is 3.70. The van der Waals surface area contributed by atoms with Gasteiger partial charge < -0.3 is 5.73 Å². The van der Waals surface area contributed by atoms with E-state index in [4.69, 9.17) is 5.73 Å². The van der Waals surface area contributed by atoms with Crippen LogP contribution in [0.25, 0.3) is 10.6 Å². The fourth-order valence-corrected chi connectivity index (χ4v) is 2.92. The molecule has 0 saturated carbocycles. The van der Waals surface area contributed by atoms with Crippen LogP contribution in [0.15, 0.2) is 27.1 Å². The Morgan fingerprint density at radius 1 is 1.07 bits per heavy atom. The van der Waals surface area contributed by atoms with Crippen molar-refractivity contribution in [3.63, 3.8) is 0 Å². The van der Waals surface area contributed by atoms with Crippen molar-refractivity contribution in [1.29, 1.82) is 0 Å². The number of halogens is 2. The van der Waals surface area contributed by atoms with E-state index in [1.807, 2.05) is 18.2 Å². The Bertz CT molecular complexity index is 449. The van der Waals surface area contributed by atoms with Crippen molar-refractivity contribution < 1.29 is 0 Å². The summed E-state index contributed by atoms with van der Waals surface area (Å²) in [6, 6.07) is 5.92. The van der Waals surface area contributed by atoms with E-state index in [0.717, 1.165) is 19.5 Å². The number of nitrogens with two attached hydrogens (primary N) is 1. The van der Waals surface area contributed by atoms with Crippen LogP contribution in [-0.4, -0.2) is 10.2 Å². The van der Waals surface area contributed by atoms with Crippen molar-refractivity contribution in [3.8, 4) is 10.6 Å². The van der Waals surface area contributed by atoms with Gasteiger partial charge in [0.15, 0.2) is 0 Å². The Kier molecular flexibility index (Phi) is 2.85. The van der Waals surface area contributed by atoms with E-state index in [0.29, 0.717) is 5.13 Å². The second-order valence-corrected chi connectivity index (χ2v) is 5.44. The zero-order chi connectivity index (χ0) is 10.1. The van der Waals surface area contributed by atoms with Crippen molar-refractivity contribution in [1.82, 2.24) is 10.2 Å². The van der Waals surface area contributed by atoms with Crippen LogP contribution in [0.3, 0.4) is 0 Å². The van der Waals surface area contributed by atoms with E-state index in [9.17, 15) is 0 Å². The summed E-state index contributed by atoms with van der Waals surface area (Å²) in [4.78, 5) is 0. The van der Waals surface area contributed by atoms with Crippen LogP contribution in [0.5, 0.6) is 0 Å². The third-order valence-electron chi connectivity index (χ3n) is 1.55. The number of nitrogen functional groups attached to an aromatic ring is 1. The van der Waals surface area contributed by atoms with Gasteiger partial charge >= 0.3 is 0 Å². The predicted octanol–water partition coefficient (Wildman–Crippen LogP) is 3.31. The number of anilines is 1. The fraction of sp³-hybridized carbons (Fsp3) is 0. The molecule has 1 heterocycles. The third-order valence-corrected chi connectivity index (χ3v) is 3.27. The highest BCUT2D eigenvalue weighted by Gasteiger charge is 2.05. The third kappa shape index (κ3) is 2.13. The zero-order valence-corrected chi connectivity index (χ0v) is 10.9. The van der Waals surface area contributed by atoms with Crippen molar-refractivity contribution in [2.24, 2.45) is 0 Å². The molecule has 0 aliphatic heterocycles. The van der Waals surface area contributed by atoms with Gasteiger partial charge in [-0.1, -0.05) is 43.2 Å².